The molecule has 0 saturated carbocycles. The van der Waals surface area contributed by atoms with Gasteiger partial charge in [-0.1, -0.05) is 41.9 Å². The van der Waals surface area contributed by atoms with Crippen LogP contribution in [0.2, 0.25) is 5.02 Å². The lowest BCUT2D eigenvalue weighted by molar-refractivity contribution is 0.265. The average Bonchev–Trinajstić information content (AvgIpc) is 2.63. The molecule has 1 N–H and O–H groups in total. The van der Waals surface area contributed by atoms with E-state index in [1.54, 1.807) is 0 Å². The highest BCUT2D eigenvalue weighted by Crippen LogP contribution is 2.21. The second kappa shape index (κ2) is 9.80. The molecule has 0 amide bonds. The summed E-state index contributed by atoms with van der Waals surface area (Å²) < 4.78 is 42.8. The molecule has 0 atom stereocenters. The molecule has 0 saturated heterocycles. The summed E-state index contributed by atoms with van der Waals surface area (Å²) in [6.07, 6.45) is 0. The molecular weight excluding hydrogens is 401 g/mol. The molecule has 0 radical (unpaired) electrons. The van der Waals surface area contributed by atoms with Crippen LogP contribution < -0.4 is 4.72 Å². The summed E-state index contributed by atoms with van der Waals surface area (Å²) in [6, 6.07) is 12.4. The van der Waals surface area contributed by atoms with Gasteiger partial charge in [0.1, 0.15) is 5.82 Å². The molecule has 2 aromatic carbocycles. The molecule has 0 aliphatic carbocycles. The van der Waals surface area contributed by atoms with Crippen molar-refractivity contribution >= 4 is 21.8 Å². The molecule has 0 aliphatic rings. The minimum Gasteiger partial charge on any atom is -0.300 e. The monoisotopic (exact) mass is 427 g/mol. The van der Waals surface area contributed by atoms with E-state index < -0.39 is 16.0 Å². The van der Waals surface area contributed by atoms with Gasteiger partial charge in [-0.3, -0.25) is 4.90 Å². The van der Waals surface area contributed by atoms with E-state index >= 15 is 0 Å². The molecule has 0 aromatic heterocycles. The van der Waals surface area contributed by atoms with Gasteiger partial charge in [0, 0.05) is 43.3 Å². The summed E-state index contributed by atoms with van der Waals surface area (Å²) in [7, 11) is -0.390. The first kappa shape index (κ1) is 22.8. The van der Waals surface area contributed by atoms with Crippen LogP contribution in [-0.4, -0.2) is 37.8 Å². The van der Waals surface area contributed by atoms with Gasteiger partial charge in [-0.15, -0.1) is 0 Å². The van der Waals surface area contributed by atoms with E-state index in [4.69, 9.17) is 11.6 Å². The van der Waals surface area contributed by atoms with E-state index in [-0.39, 0.29) is 23.7 Å². The first-order valence-corrected chi connectivity index (χ1v) is 10.8. The van der Waals surface area contributed by atoms with Crippen molar-refractivity contribution in [1.82, 2.24) is 13.9 Å². The fraction of sp³-hybridized carbons (Fsp3) is 0.400. The minimum absolute atomic E-state index is 0.149. The van der Waals surface area contributed by atoms with Crippen molar-refractivity contribution in [3.63, 3.8) is 0 Å². The predicted octanol–water partition coefficient (Wildman–Crippen LogP) is 3.79. The van der Waals surface area contributed by atoms with E-state index in [2.05, 4.69) is 23.5 Å². The lowest BCUT2D eigenvalue weighted by Gasteiger charge is -2.23. The van der Waals surface area contributed by atoms with Gasteiger partial charge >= 0.3 is 0 Å². The largest absolute Gasteiger partial charge is 0.300 e. The minimum atomic E-state index is -3.81. The van der Waals surface area contributed by atoms with Crippen LogP contribution in [0.25, 0.3) is 0 Å². The summed E-state index contributed by atoms with van der Waals surface area (Å²) in [4.78, 5) is 2.18. The van der Waals surface area contributed by atoms with Gasteiger partial charge in [0.05, 0.1) is 0 Å². The van der Waals surface area contributed by atoms with Crippen LogP contribution in [-0.2, 0) is 29.8 Å². The van der Waals surface area contributed by atoms with Crippen molar-refractivity contribution in [2.45, 2.75) is 39.5 Å². The highest BCUT2D eigenvalue weighted by molar-refractivity contribution is 7.87. The highest BCUT2D eigenvalue weighted by atomic mass is 35.5. The second-order valence-electron chi connectivity index (χ2n) is 7.06. The van der Waals surface area contributed by atoms with Gasteiger partial charge in [-0.2, -0.15) is 17.4 Å². The molecule has 154 valence electrons. The third kappa shape index (κ3) is 5.99. The molecule has 2 rings (SSSR count). The van der Waals surface area contributed by atoms with Crippen LogP contribution in [0.3, 0.4) is 0 Å². The van der Waals surface area contributed by atoms with Crippen LogP contribution in [0.1, 0.15) is 30.5 Å². The average molecular weight is 428 g/mol. The molecule has 8 heteroatoms. The Morgan fingerprint density at radius 2 is 1.68 bits per heavy atom. The van der Waals surface area contributed by atoms with Crippen molar-refractivity contribution in [3.05, 3.63) is 70.0 Å². The maximum Gasteiger partial charge on any atom is 0.279 e. The zero-order valence-electron chi connectivity index (χ0n) is 16.6. The molecule has 5 nitrogen and oxygen atoms in total. The Hall–Kier alpha value is -1.51. The zero-order valence-corrected chi connectivity index (χ0v) is 18.2. The maximum atomic E-state index is 14.0. The Morgan fingerprint density at radius 3 is 2.29 bits per heavy atom. The number of nitrogens with one attached hydrogen (secondary N) is 1. The Kier molecular flexibility index (Phi) is 7.97. The summed E-state index contributed by atoms with van der Waals surface area (Å²) in [6.45, 7) is 4.93. The predicted molar refractivity (Wildman–Crippen MR) is 112 cm³/mol. The van der Waals surface area contributed by atoms with Gasteiger partial charge in [-0.25, -0.2) is 4.39 Å². The Morgan fingerprint density at radius 1 is 1.04 bits per heavy atom. The first-order valence-electron chi connectivity index (χ1n) is 9.02. The van der Waals surface area contributed by atoms with Crippen LogP contribution in [0.15, 0.2) is 42.5 Å². The molecule has 0 spiro atoms. The summed E-state index contributed by atoms with van der Waals surface area (Å²) in [5.41, 5.74) is 2.10. The third-order valence-electron chi connectivity index (χ3n) is 4.72. The Balaban J connectivity index is 2.09. The van der Waals surface area contributed by atoms with Crippen LogP contribution >= 0.6 is 11.6 Å². The van der Waals surface area contributed by atoms with Crippen LogP contribution in [0.5, 0.6) is 0 Å². The topological polar surface area (TPSA) is 52.7 Å². The van der Waals surface area contributed by atoms with Crippen molar-refractivity contribution in [3.8, 4) is 0 Å². The molecule has 0 bridgehead atoms. The van der Waals surface area contributed by atoms with E-state index in [0.717, 1.165) is 22.0 Å². The van der Waals surface area contributed by atoms with E-state index in [0.29, 0.717) is 6.04 Å². The summed E-state index contributed by atoms with van der Waals surface area (Å²) in [5.74, 6) is -0.531. The smallest absolute Gasteiger partial charge is 0.279 e. The van der Waals surface area contributed by atoms with Crippen molar-refractivity contribution in [2.75, 3.05) is 14.1 Å². The molecule has 0 unspecified atom stereocenters. The van der Waals surface area contributed by atoms with E-state index in [1.807, 2.05) is 31.3 Å². The number of halogens is 2. The number of rotatable bonds is 9. The summed E-state index contributed by atoms with van der Waals surface area (Å²) >= 11 is 6.00. The maximum absolute atomic E-state index is 14.0. The molecular formula is C20H27ClFN3O2S. The number of nitrogens with zero attached hydrogens (tertiary/aromatic N) is 2. The Labute approximate surface area is 172 Å². The molecule has 0 aliphatic heterocycles. The molecule has 28 heavy (non-hydrogen) atoms. The summed E-state index contributed by atoms with van der Waals surface area (Å²) in [5, 5.41) is 0.198. The van der Waals surface area contributed by atoms with Gasteiger partial charge < -0.3 is 0 Å². The Bertz CT molecular complexity index is 886. The first-order chi connectivity index (χ1) is 13.1. The quantitative estimate of drug-likeness (QED) is 0.662. The van der Waals surface area contributed by atoms with Crippen LogP contribution in [0, 0.1) is 5.82 Å². The van der Waals surface area contributed by atoms with Crippen LogP contribution in [0.4, 0.5) is 4.39 Å². The number of hydrogen-bond donors (Lipinski definition) is 1. The fourth-order valence-electron chi connectivity index (χ4n) is 2.61. The SMILES string of the molecule is CC(C)N(C)Cc1ccccc1CNS(=O)(=O)N(C)Cc1c(F)cccc1Cl. The fourth-order valence-corrected chi connectivity index (χ4v) is 3.69. The lowest BCUT2D eigenvalue weighted by atomic mass is 10.1. The van der Waals surface area contributed by atoms with Crippen molar-refractivity contribution < 1.29 is 12.8 Å². The van der Waals surface area contributed by atoms with Gasteiger partial charge in [0.15, 0.2) is 0 Å². The normalized spacial score (nSPS) is 12.3. The molecule has 2 aromatic rings. The lowest BCUT2D eigenvalue weighted by Crippen LogP contribution is -2.38. The highest BCUT2D eigenvalue weighted by Gasteiger charge is 2.21. The number of hydrogen-bond acceptors (Lipinski definition) is 3. The standard InChI is InChI=1S/C20H27ClFN3O2S/c1-15(2)24(3)13-17-9-6-5-8-16(17)12-23-28(26,27)25(4)14-18-19(21)10-7-11-20(18)22/h5-11,15,23H,12-14H2,1-4H3. The molecule has 0 heterocycles. The van der Waals surface area contributed by atoms with Gasteiger partial charge in [-0.05, 0) is 44.2 Å². The van der Waals surface area contributed by atoms with Gasteiger partial charge in [0.25, 0.3) is 10.2 Å². The number of benzene rings is 2. The van der Waals surface area contributed by atoms with Crippen molar-refractivity contribution in [1.29, 1.82) is 0 Å². The van der Waals surface area contributed by atoms with E-state index in [1.165, 1.54) is 25.2 Å². The molecule has 0 fully saturated rings. The van der Waals surface area contributed by atoms with E-state index in [9.17, 15) is 12.8 Å². The van der Waals surface area contributed by atoms with Crippen molar-refractivity contribution in [2.24, 2.45) is 0 Å². The third-order valence-corrected chi connectivity index (χ3v) is 6.53. The second-order valence-corrected chi connectivity index (χ2v) is 9.33. The zero-order chi connectivity index (χ0) is 20.9. The van der Waals surface area contributed by atoms with Gasteiger partial charge in [0.2, 0.25) is 0 Å².